The second-order valence-corrected chi connectivity index (χ2v) is 8.09. The molecule has 3 nitrogen and oxygen atoms in total. The molecule has 0 atom stereocenters. The van der Waals surface area contributed by atoms with Crippen LogP contribution in [-0.4, -0.2) is 8.42 Å². The number of nitrogens with one attached hydrogen (secondary N) is 1. The van der Waals surface area contributed by atoms with E-state index >= 15 is 0 Å². The van der Waals surface area contributed by atoms with Crippen LogP contribution in [0, 0.1) is 5.82 Å². The lowest BCUT2D eigenvalue weighted by atomic mass is 9.73. The van der Waals surface area contributed by atoms with E-state index in [4.69, 9.17) is 11.6 Å². The Morgan fingerprint density at radius 1 is 1.13 bits per heavy atom. The second-order valence-electron chi connectivity index (χ2n) is 5.93. The van der Waals surface area contributed by atoms with Crippen molar-refractivity contribution in [2.24, 2.45) is 0 Å². The molecule has 1 saturated carbocycles. The number of sulfonamides is 1. The van der Waals surface area contributed by atoms with E-state index in [-0.39, 0.29) is 5.75 Å². The van der Waals surface area contributed by atoms with E-state index in [0.29, 0.717) is 10.6 Å². The Labute approximate surface area is 140 Å². The van der Waals surface area contributed by atoms with Crippen molar-refractivity contribution >= 4 is 21.6 Å². The van der Waals surface area contributed by atoms with Gasteiger partial charge in [-0.05, 0) is 54.7 Å². The Kier molecular flexibility index (Phi) is 4.45. The summed E-state index contributed by atoms with van der Waals surface area (Å²) >= 11 is 5.90. The molecule has 1 aliphatic rings. The average Bonchev–Trinajstić information content (AvgIpc) is 2.43. The van der Waals surface area contributed by atoms with Crippen LogP contribution in [0.15, 0.2) is 48.5 Å². The summed E-state index contributed by atoms with van der Waals surface area (Å²) in [5, 5.41) is 0.617. The normalized spacial score (nSPS) is 16.8. The van der Waals surface area contributed by atoms with Crippen LogP contribution in [0.25, 0.3) is 0 Å². The quantitative estimate of drug-likeness (QED) is 0.883. The monoisotopic (exact) mass is 353 g/mol. The van der Waals surface area contributed by atoms with E-state index < -0.39 is 21.4 Å². The van der Waals surface area contributed by atoms with E-state index in [1.807, 2.05) is 12.1 Å². The molecule has 0 spiro atoms. The molecule has 0 radical (unpaired) electrons. The van der Waals surface area contributed by atoms with Gasteiger partial charge in [0.1, 0.15) is 5.82 Å². The number of rotatable bonds is 5. The molecule has 122 valence electrons. The fraction of sp³-hybridized carbons (Fsp3) is 0.294. The Morgan fingerprint density at radius 3 is 2.39 bits per heavy atom. The van der Waals surface area contributed by atoms with Gasteiger partial charge in [0.05, 0.1) is 11.3 Å². The number of hydrogen-bond acceptors (Lipinski definition) is 2. The predicted molar refractivity (Wildman–Crippen MR) is 89.1 cm³/mol. The largest absolute Gasteiger partial charge is 0.216 e. The third kappa shape index (κ3) is 3.74. The Bertz CT molecular complexity index is 802. The molecule has 3 rings (SSSR count). The van der Waals surface area contributed by atoms with E-state index in [0.717, 1.165) is 24.8 Å². The Hall–Kier alpha value is -1.43. The maximum absolute atomic E-state index is 13.2. The van der Waals surface area contributed by atoms with Gasteiger partial charge in [-0.1, -0.05) is 35.9 Å². The highest BCUT2D eigenvalue weighted by atomic mass is 35.5. The molecule has 0 amide bonds. The minimum absolute atomic E-state index is 0.236. The Balaban J connectivity index is 1.82. The second kappa shape index (κ2) is 6.23. The maximum atomic E-state index is 13.2. The van der Waals surface area contributed by atoms with Crippen molar-refractivity contribution in [1.29, 1.82) is 0 Å². The molecule has 1 fully saturated rings. The zero-order valence-corrected chi connectivity index (χ0v) is 14.0. The van der Waals surface area contributed by atoms with Gasteiger partial charge < -0.3 is 0 Å². The molecule has 23 heavy (non-hydrogen) atoms. The van der Waals surface area contributed by atoms with Gasteiger partial charge in [0.15, 0.2) is 0 Å². The molecule has 0 bridgehead atoms. The summed E-state index contributed by atoms with van der Waals surface area (Å²) in [6.07, 6.45) is 2.46. The summed E-state index contributed by atoms with van der Waals surface area (Å²) < 4.78 is 41.0. The van der Waals surface area contributed by atoms with Gasteiger partial charge in [-0.15, -0.1) is 0 Å². The molecule has 0 aromatic heterocycles. The topological polar surface area (TPSA) is 46.2 Å². The van der Waals surface area contributed by atoms with Crippen LogP contribution in [0.2, 0.25) is 5.02 Å². The molecule has 0 saturated heterocycles. The van der Waals surface area contributed by atoms with Crippen LogP contribution >= 0.6 is 11.6 Å². The fourth-order valence-electron chi connectivity index (χ4n) is 2.93. The van der Waals surface area contributed by atoms with E-state index in [2.05, 4.69) is 4.72 Å². The van der Waals surface area contributed by atoms with E-state index in [1.54, 1.807) is 18.2 Å². The summed E-state index contributed by atoms with van der Waals surface area (Å²) in [5.74, 6) is -0.672. The molecule has 2 aromatic rings. The van der Waals surface area contributed by atoms with Crippen molar-refractivity contribution < 1.29 is 12.8 Å². The first kappa shape index (κ1) is 16.4. The number of halogens is 2. The van der Waals surface area contributed by atoms with Crippen molar-refractivity contribution in [1.82, 2.24) is 4.72 Å². The number of hydrogen-bond donors (Lipinski definition) is 1. The molecule has 0 aliphatic heterocycles. The van der Waals surface area contributed by atoms with Gasteiger partial charge in [-0.2, -0.15) is 0 Å². The minimum Gasteiger partial charge on any atom is -0.212 e. The highest BCUT2D eigenvalue weighted by Crippen LogP contribution is 2.42. The SMILES string of the molecule is O=S(=O)(Cc1cccc(F)c1)NC1(c2ccc(Cl)cc2)CCC1. The predicted octanol–water partition coefficient (Wildman–Crippen LogP) is 3.98. The highest BCUT2D eigenvalue weighted by molar-refractivity contribution is 7.88. The van der Waals surface area contributed by atoms with E-state index in [9.17, 15) is 12.8 Å². The zero-order chi connectivity index (χ0) is 16.5. The van der Waals surface area contributed by atoms with Crippen LogP contribution in [0.1, 0.15) is 30.4 Å². The first-order valence-corrected chi connectivity index (χ1v) is 9.44. The third-order valence-corrected chi connectivity index (χ3v) is 5.87. The van der Waals surface area contributed by atoms with Crippen molar-refractivity contribution in [3.8, 4) is 0 Å². The summed E-state index contributed by atoms with van der Waals surface area (Å²) in [4.78, 5) is 0. The van der Waals surface area contributed by atoms with Crippen LogP contribution in [0.4, 0.5) is 4.39 Å². The first-order valence-electron chi connectivity index (χ1n) is 7.41. The zero-order valence-electron chi connectivity index (χ0n) is 12.4. The maximum Gasteiger partial charge on any atom is 0.216 e. The van der Waals surface area contributed by atoms with Crippen molar-refractivity contribution in [2.45, 2.75) is 30.6 Å². The lowest BCUT2D eigenvalue weighted by molar-refractivity contribution is 0.224. The van der Waals surface area contributed by atoms with Crippen molar-refractivity contribution in [2.75, 3.05) is 0 Å². The van der Waals surface area contributed by atoms with Gasteiger partial charge in [0.25, 0.3) is 0 Å². The molecule has 2 aromatic carbocycles. The minimum atomic E-state index is -3.58. The van der Waals surface area contributed by atoms with Crippen LogP contribution in [0.3, 0.4) is 0 Å². The van der Waals surface area contributed by atoms with Gasteiger partial charge in [-0.3, -0.25) is 0 Å². The molecule has 6 heteroatoms. The molecule has 1 N–H and O–H groups in total. The molecule has 0 heterocycles. The third-order valence-electron chi connectivity index (χ3n) is 4.20. The summed E-state index contributed by atoms with van der Waals surface area (Å²) in [7, 11) is -3.58. The van der Waals surface area contributed by atoms with Gasteiger partial charge in [0, 0.05) is 5.02 Å². The highest BCUT2D eigenvalue weighted by Gasteiger charge is 2.41. The number of benzene rings is 2. The van der Waals surface area contributed by atoms with Crippen LogP contribution in [0.5, 0.6) is 0 Å². The lowest BCUT2D eigenvalue weighted by Gasteiger charge is -2.42. The molecule has 0 unspecified atom stereocenters. The van der Waals surface area contributed by atoms with E-state index in [1.165, 1.54) is 18.2 Å². The van der Waals surface area contributed by atoms with Gasteiger partial charge in [-0.25, -0.2) is 17.5 Å². The summed E-state index contributed by atoms with van der Waals surface area (Å²) in [5.41, 5.74) is 0.774. The lowest BCUT2D eigenvalue weighted by Crippen LogP contribution is -2.50. The van der Waals surface area contributed by atoms with Gasteiger partial charge >= 0.3 is 0 Å². The first-order chi connectivity index (χ1) is 10.9. The smallest absolute Gasteiger partial charge is 0.212 e. The molecule has 1 aliphatic carbocycles. The summed E-state index contributed by atoms with van der Waals surface area (Å²) in [6, 6.07) is 12.9. The van der Waals surface area contributed by atoms with Crippen molar-refractivity contribution in [3.05, 3.63) is 70.5 Å². The molecular weight excluding hydrogens is 337 g/mol. The summed E-state index contributed by atoms with van der Waals surface area (Å²) in [6.45, 7) is 0. The Morgan fingerprint density at radius 2 is 1.83 bits per heavy atom. The standard InChI is InChI=1S/C17H17ClFNO2S/c18-15-7-5-14(6-8-15)17(9-2-10-17)20-23(21,22)12-13-3-1-4-16(19)11-13/h1,3-8,11,20H,2,9-10,12H2. The molecular formula is C17H17ClFNO2S. The van der Waals surface area contributed by atoms with Crippen LogP contribution in [-0.2, 0) is 21.3 Å². The average molecular weight is 354 g/mol. The van der Waals surface area contributed by atoms with Gasteiger partial charge in [0.2, 0.25) is 10.0 Å². The van der Waals surface area contributed by atoms with Crippen molar-refractivity contribution in [3.63, 3.8) is 0 Å². The van der Waals surface area contributed by atoms with Crippen LogP contribution < -0.4 is 4.72 Å². The fourth-order valence-corrected chi connectivity index (χ4v) is 4.66.